The second kappa shape index (κ2) is 7.04. The van der Waals surface area contributed by atoms with Gasteiger partial charge in [-0.05, 0) is 30.7 Å². The van der Waals surface area contributed by atoms with Crippen LogP contribution < -0.4 is 19.5 Å². The normalized spacial score (nSPS) is 12.0. The van der Waals surface area contributed by atoms with E-state index in [-0.39, 0.29) is 6.04 Å². The van der Waals surface area contributed by atoms with Crippen molar-refractivity contribution in [2.75, 3.05) is 21.3 Å². The molecule has 0 bridgehead atoms. The molecular weight excluding hydrogens is 270 g/mol. The second-order valence-electron chi connectivity index (χ2n) is 4.69. The highest BCUT2D eigenvalue weighted by atomic mass is 16.5. The van der Waals surface area contributed by atoms with Crippen LogP contribution in [0.2, 0.25) is 0 Å². The summed E-state index contributed by atoms with van der Waals surface area (Å²) in [4.78, 5) is 0. The smallest absolute Gasteiger partial charge is 0.203 e. The van der Waals surface area contributed by atoms with Crippen molar-refractivity contribution in [3.8, 4) is 17.2 Å². The fourth-order valence-electron chi connectivity index (χ4n) is 2.15. The first-order valence-corrected chi connectivity index (χ1v) is 6.74. The monoisotopic (exact) mass is 291 g/mol. The van der Waals surface area contributed by atoms with E-state index in [0.717, 1.165) is 11.1 Å². The average molecular weight is 291 g/mol. The van der Waals surface area contributed by atoms with Gasteiger partial charge in [0, 0.05) is 18.2 Å². The molecule has 1 aromatic carbocycles. The van der Waals surface area contributed by atoms with E-state index in [2.05, 4.69) is 12.2 Å². The zero-order valence-electron chi connectivity index (χ0n) is 12.8. The number of rotatable bonds is 7. The summed E-state index contributed by atoms with van der Waals surface area (Å²) in [6.45, 7) is 2.77. The Morgan fingerprint density at radius 2 is 1.76 bits per heavy atom. The standard InChI is InChI=1S/C16H21NO4/c1-11(13-5-6-21-10-13)17-9-12-7-14(18-2)16(20-4)15(8-12)19-3/h5-8,10-11,17H,9H2,1-4H3. The maximum Gasteiger partial charge on any atom is 0.203 e. The summed E-state index contributed by atoms with van der Waals surface area (Å²) in [5.41, 5.74) is 2.17. The van der Waals surface area contributed by atoms with E-state index < -0.39 is 0 Å². The molecule has 2 aromatic rings. The molecular formula is C16H21NO4. The van der Waals surface area contributed by atoms with Crippen LogP contribution in [0.5, 0.6) is 17.2 Å². The van der Waals surface area contributed by atoms with Crippen molar-refractivity contribution < 1.29 is 18.6 Å². The van der Waals surface area contributed by atoms with Crippen molar-refractivity contribution in [2.24, 2.45) is 0 Å². The lowest BCUT2D eigenvalue weighted by Crippen LogP contribution is -2.17. The Labute approximate surface area is 124 Å². The fourth-order valence-corrected chi connectivity index (χ4v) is 2.15. The van der Waals surface area contributed by atoms with Gasteiger partial charge in [0.2, 0.25) is 5.75 Å². The van der Waals surface area contributed by atoms with Crippen LogP contribution in [0.15, 0.2) is 35.1 Å². The van der Waals surface area contributed by atoms with Gasteiger partial charge >= 0.3 is 0 Å². The zero-order chi connectivity index (χ0) is 15.2. The first-order chi connectivity index (χ1) is 10.2. The fraction of sp³-hybridized carbons (Fsp3) is 0.375. The summed E-state index contributed by atoms with van der Waals surface area (Å²) in [7, 11) is 4.82. The number of nitrogens with one attached hydrogen (secondary N) is 1. The molecule has 0 fully saturated rings. The molecule has 1 unspecified atom stereocenters. The summed E-state index contributed by atoms with van der Waals surface area (Å²) in [6, 6.07) is 6.03. The molecule has 1 heterocycles. The van der Waals surface area contributed by atoms with Crippen LogP contribution in [-0.4, -0.2) is 21.3 Å². The number of benzene rings is 1. The van der Waals surface area contributed by atoms with E-state index in [1.807, 2.05) is 18.2 Å². The molecule has 1 atom stereocenters. The third-order valence-electron chi connectivity index (χ3n) is 3.38. The first-order valence-electron chi connectivity index (χ1n) is 6.74. The van der Waals surface area contributed by atoms with Crippen molar-refractivity contribution in [3.63, 3.8) is 0 Å². The Morgan fingerprint density at radius 1 is 1.10 bits per heavy atom. The van der Waals surface area contributed by atoms with Crippen molar-refractivity contribution in [3.05, 3.63) is 41.9 Å². The predicted octanol–water partition coefficient (Wildman–Crippen LogP) is 3.16. The minimum atomic E-state index is 0.197. The molecule has 21 heavy (non-hydrogen) atoms. The van der Waals surface area contributed by atoms with E-state index in [4.69, 9.17) is 18.6 Å². The number of hydrogen-bond donors (Lipinski definition) is 1. The topological polar surface area (TPSA) is 52.9 Å². The number of ether oxygens (including phenoxy) is 3. The minimum absolute atomic E-state index is 0.197. The van der Waals surface area contributed by atoms with Gasteiger partial charge in [-0.2, -0.15) is 0 Å². The molecule has 1 N–H and O–H groups in total. The van der Waals surface area contributed by atoms with Gasteiger partial charge in [0.05, 0.1) is 33.9 Å². The molecule has 0 spiro atoms. The van der Waals surface area contributed by atoms with Gasteiger partial charge in [0.1, 0.15) is 0 Å². The van der Waals surface area contributed by atoms with Gasteiger partial charge < -0.3 is 23.9 Å². The third kappa shape index (κ3) is 3.49. The Balaban J connectivity index is 2.13. The molecule has 5 nitrogen and oxygen atoms in total. The first kappa shape index (κ1) is 15.3. The van der Waals surface area contributed by atoms with E-state index in [9.17, 15) is 0 Å². The van der Waals surface area contributed by atoms with Gasteiger partial charge in [-0.3, -0.25) is 0 Å². The summed E-state index contributed by atoms with van der Waals surface area (Å²) < 4.78 is 21.1. The van der Waals surface area contributed by atoms with Gasteiger partial charge in [-0.25, -0.2) is 0 Å². The molecule has 0 aliphatic heterocycles. The predicted molar refractivity (Wildman–Crippen MR) is 80.1 cm³/mol. The maximum absolute atomic E-state index is 5.35. The quantitative estimate of drug-likeness (QED) is 0.849. The Hall–Kier alpha value is -2.14. The summed E-state index contributed by atoms with van der Waals surface area (Å²) in [5.74, 6) is 1.92. The SMILES string of the molecule is COc1cc(CNC(C)c2ccoc2)cc(OC)c1OC. The van der Waals surface area contributed by atoms with Crippen molar-refractivity contribution in [2.45, 2.75) is 19.5 Å². The van der Waals surface area contributed by atoms with Gasteiger partial charge in [0.25, 0.3) is 0 Å². The molecule has 0 saturated heterocycles. The highest BCUT2D eigenvalue weighted by molar-refractivity contribution is 5.53. The van der Waals surface area contributed by atoms with Crippen LogP contribution in [0.1, 0.15) is 24.1 Å². The Morgan fingerprint density at radius 3 is 2.24 bits per heavy atom. The third-order valence-corrected chi connectivity index (χ3v) is 3.38. The summed E-state index contributed by atoms with van der Waals surface area (Å²) in [6.07, 6.45) is 3.42. The molecule has 0 amide bonds. The summed E-state index contributed by atoms with van der Waals surface area (Å²) in [5, 5.41) is 3.43. The van der Waals surface area contributed by atoms with Crippen molar-refractivity contribution >= 4 is 0 Å². The lowest BCUT2D eigenvalue weighted by molar-refractivity contribution is 0.323. The van der Waals surface area contributed by atoms with E-state index >= 15 is 0 Å². The van der Waals surface area contributed by atoms with Crippen molar-refractivity contribution in [1.82, 2.24) is 5.32 Å². The Kier molecular flexibility index (Phi) is 5.11. The van der Waals surface area contributed by atoms with Crippen LogP contribution in [-0.2, 0) is 6.54 Å². The maximum atomic E-state index is 5.35. The molecule has 0 saturated carbocycles. The van der Waals surface area contributed by atoms with Crippen LogP contribution in [0.25, 0.3) is 0 Å². The van der Waals surface area contributed by atoms with Gasteiger partial charge in [0.15, 0.2) is 11.5 Å². The van der Waals surface area contributed by atoms with Crippen LogP contribution in [0, 0.1) is 0 Å². The molecule has 5 heteroatoms. The lowest BCUT2D eigenvalue weighted by atomic mass is 10.1. The number of methoxy groups -OCH3 is 3. The molecule has 2 rings (SSSR count). The molecule has 0 aliphatic rings. The molecule has 0 radical (unpaired) electrons. The summed E-state index contributed by atoms with van der Waals surface area (Å²) >= 11 is 0. The largest absolute Gasteiger partial charge is 0.493 e. The van der Waals surface area contributed by atoms with Crippen LogP contribution in [0.4, 0.5) is 0 Å². The highest BCUT2D eigenvalue weighted by Crippen LogP contribution is 2.38. The average Bonchev–Trinajstić information content (AvgIpc) is 3.05. The zero-order valence-corrected chi connectivity index (χ0v) is 12.8. The Bertz CT molecular complexity index is 541. The lowest BCUT2D eigenvalue weighted by Gasteiger charge is -2.16. The molecule has 1 aromatic heterocycles. The second-order valence-corrected chi connectivity index (χ2v) is 4.69. The molecule has 114 valence electrons. The van der Waals surface area contributed by atoms with E-state index in [1.165, 1.54) is 0 Å². The van der Waals surface area contributed by atoms with E-state index in [1.54, 1.807) is 33.9 Å². The van der Waals surface area contributed by atoms with Gasteiger partial charge in [-0.15, -0.1) is 0 Å². The van der Waals surface area contributed by atoms with Crippen LogP contribution in [0.3, 0.4) is 0 Å². The molecule has 0 aliphatic carbocycles. The van der Waals surface area contributed by atoms with Gasteiger partial charge in [-0.1, -0.05) is 0 Å². The minimum Gasteiger partial charge on any atom is -0.493 e. The van der Waals surface area contributed by atoms with Crippen molar-refractivity contribution in [1.29, 1.82) is 0 Å². The highest BCUT2D eigenvalue weighted by Gasteiger charge is 2.14. The van der Waals surface area contributed by atoms with E-state index in [0.29, 0.717) is 23.8 Å². The number of furan rings is 1. The van der Waals surface area contributed by atoms with Crippen LogP contribution >= 0.6 is 0 Å². The number of hydrogen-bond acceptors (Lipinski definition) is 5.